The predicted octanol–water partition coefficient (Wildman–Crippen LogP) is 1.51. The van der Waals surface area contributed by atoms with E-state index >= 15 is 0 Å². The SMILES string of the molecule is CCC1OC1C(=O)OC(C)(C)C. The van der Waals surface area contributed by atoms with Gasteiger partial charge in [-0.1, -0.05) is 6.92 Å². The molecule has 0 aliphatic carbocycles. The zero-order valence-corrected chi connectivity index (χ0v) is 8.09. The summed E-state index contributed by atoms with van der Waals surface area (Å²) < 4.78 is 10.2. The second-order valence-corrected chi connectivity index (χ2v) is 4.04. The minimum atomic E-state index is -0.401. The van der Waals surface area contributed by atoms with Crippen molar-refractivity contribution in [2.24, 2.45) is 0 Å². The van der Waals surface area contributed by atoms with Gasteiger partial charge in [0, 0.05) is 0 Å². The first-order valence-corrected chi connectivity index (χ1v) is 4.32. The van der Waals surface area contributed by atoms with Crippen LogP contribution in [0.3, 0.4) is 0 Å². The Kier molecular flexibility index (Phi) is 2.42. The lowest BCUT2D eigenvalue weighted by molar-refractivity contribution is -0.156. The number of hydrogen-bond acceptors (Lipinski definition) is 3. The maximum absolute atomic E-state index is 11.2. The lowest BCUT2D eigenvalue weighted by Crippen LogP contribution is -2.27. The minimum absolute atomic E-state index is 0.0971. The molecule has 0 spiro atoms. The monoisotopic (exact) mass is 172 g/mol. The third-order valence-electron chi connectivity index (χ3n) is 1.62. The topological polar surface area (TPSA) is 38.8 Å². The minimum Gasteiger partial charge on any atom is -0.458 e. The van der Waals surface area contributed by atoms with Crippen LogP contribution in [-0.4, -0.2) is 23.8 Å². The number of carbonyl (C=O) groups is 1. The Morgan fingerprint density at radius 1 is 1.50 bits per heavy atom. The molecule has 12 heavy (non-hydrogen) atoms. The van der Waals surface area contributed by atoms with Gasteiger partial charge in [-0.3, -0.25) is 0 Å². The van der Waals surface area contributed by atoms with Crippen molar-refractivity contribution in [3.8, 4) is 0 Å². The van der Waals surface area contributed by atoms with Gasteiger partial charge in [-0.2, -0.15) is 0 Å². The van der Waals surface area contributed by atoms with Crippen molar-refractivity contribution in [2.75, 3.05) is 0 Å². The molecule has 1 rings (SSSR count). The van der Waals surface area contributed by atoms with Crippen LogP contribution in [0.4, 0.5) is 0 Å². The molecule has 1 aliphatic rings. The van der Waals surface area contributed by atoms with E-state index in [1.54, 1.807) is 0 Å². The maximum Gasteiger partial charge on any atom is 0.338 e. The third kappa shape index (κ3) is 2.48. The van der Waals surface area contributed by atoms with E-state index < -0.39 is 5.60 Å². The molecular formula is C9H16O3. The van der Waals surface area contributed by atoms with E-state index in [1.807, 2.05) is 27.7 Å². The molecule has 1 heterocycles. The van der Waals surface area contributed by atoms with Gasteiger partial charge in [-0.05, 0) is 27.2 Å². The molecule has 0 amide bonds. The smallest absolute Gasteiger partial charge is 0.338 e. The Bertz CT molecular complexity index is 181. The quantitative estimate of drug-likeness (QED) is 0.468. The normalized spacial score (nSPS) is 28.3. The standard InChI is InChI=1S/C9H16O3/c1-5-6-7(11-6)8(10)12-9(2,3)4/h6-7H,5H2,1-4H3. The summed E-state index contributed by atoms with van der Waals surface area (Å²) in [6.45, 7) is 7.56. The van der Waals surface area contributed by atoms with Gasteiger partial charge in [-0.15, -0.1) is 0 Å². The van der Waals surface area contributed by atoms with Crippen molar-refractivity contribution in [1.29, 1.82) is 0 Å². The molecule has 70 valence electrons. The highest BCUT2D eigenvalue weighted by molar-refractivity contribution is 5.78. The summed E-state index contributed by atoms with van der Waals surface area (Å²) in [6.07, 6.45) is 0.679. The van der Waals surface area contributed by atoms with Crippen LogP contribution in [0.2, 0.25) is 0 Å². The molecule has 3 heteroatoms. The number of rotatable bonds is 2. The number of epoxide rings is 1. The van der Waals surface area contributed by atoms with Gasteiger partial charge >= 0.3 is 5.97 Å². The zero-order chi connectivity index (χ0) is 9.35. The molecule has 0 aromatic carbocycles. The summed E-state index contributed by atoms with van der Waals surface area (Å²) in [6, 6.07) is 0. The van der Waals surface area contributed by atoms with Crippen molar-refractivity contribution < 1.29 is 14.3 Å². The first kappa shape index (κ1) is 9.52. The number of carbonyl (C=O) groups excluding carboxylic acids is 1. The Hall–Kier alpha value is -0.570. The Labute approximate surface area is 73.0 Å². The molecule has 0 saturated carbocycles. The summed E-state index contributed by atoms with van der Waals surface area (Å²) in [4.78, 5) is 11.2. The number of esters is 1. The number of ether oxygens (including phenoxy) is 2. The van der Waals surface area contributed by atoms with E-state index in [0.717, 1.165) is 6.42 Å². The highest BCUT2D eigenvalue weighted by Crippen LogP contribution is 2.27. The van der Waals surface area contributed by atoms with Crippen molar-refractivity contribution in [2.45, 2.75) is 51.9 Å². The second kappa shape index (κ2) is 3.05. The molecule has 0 radical (unpaired) electrons. The van der Waals surface area contributed by atoms with Crippen molar-refractivity contribution in [3.63, 3.8) is 0 Å². The molecule has 0 N–H and O–H groups in total. The summed E-state index contributed by atoms with van der Waals surface area (Å²) >= 11 is 0. The molecule has 0 bridgehead atoms. The van der Waals surface area contributed by atoms with Crippen LogP contribution in [0, 0.1) is 0 Å². The van der Waals surface area contributed by atoms with Crippen molar-refractivity contribution in [1.82, 2.24) is 0 Å². The Morgan fingerprint density at radius 3 is 2.42 bits per heavy atom. The van der Waals surface area contributed by atoms with Crippen LogP contribution in [0.5, 0.6) is 0 Å². The summed E-state index contributed by atoms with van der Waals surface area (Å²) in [5, 5.41) is 0. The average Bonchev–Trinajstić information content (AvgIpc) is 2.60. The first-order chi connectivity index (χ1) is 5.44. The van der Waals surface area contributed by atoms with E-state index in [4.69, 9.17) is 9.47 Å². The van der Waals surface area contributed by atoms with E-state index in [1.165, 1.54) is 0 Å². The average molecular weight is 172 g/mol. The van der Waals surface area contributed by atoms with Gasteiger partial charge in [0.25, 0.3) is 0 Å². The van der Waals surface area contributed by atoms with Crippen LogP contribution in [0.1, 0.15) is 34.1 Å². The van der Waals surface area contributed by atoms with E-state index in [-0.39, 0.29) is 18.2 Å². The van der Waals surface area contributed by atoms with Gasteiger partial charge < -0.3 is 9.47 Å². The molecule has 1 saturated heterocycles. The van der Waals surface area contributed by atoms with Gasteiger partial charge in [-0.25, -0.2) is 4.79 Å². The van der Waals surface area contributed by atoms with Gasteiger partial charge in [0.05, 0.1) is 6.10 Å². The van der Waals surface area contributed by atoms with Crippen LogP contribution < -0.4 is 0 Å². The van der Waals surface area contributed by atoms with Gasteiger partial charge in [0.1, 0.15) is 5.60 Å². The second-order valence-electron chi connectivity index (χ2n) is 4.04. The fourth-order valence-corrected chi connectivity index (χ4v) is 1.02. The van der Waals surface area contributed by atoms with Crippen LogP contribution in [0.15, 0.2) is 0 Å². The molecule has 0 aromatic rings. The van der Waals surface area contributed by atoms with Gasteiger partial charge in [0.15, 0.2) is 6.10 Å². The lowest BCUT2D eigenvalue weighted by Gasteiger charge is -2.18. The van der Waals surface area contributed by atoms with Crippen molar-refractivity contribution >= 4 is 5.97 Å². The van der Waals surface area contributed by atoms with Crippen LogP contribution in [0.25, 0.3) is 0 Å². The third-order valence-corrected chi connectivity index (χ3v) is 1.62. The summed E-state index contributed by atoms with van der Waals surface area (Å²) in [7, 11) is 0. The van der Waals surface area contributed by atoms with Gasteiger partial charge in [0.2, 0.25) is 0 Å². The first-order valence-electron chi connectivity index (χ1n) is 4.32. The maximum atomic E-state index is 11.2. The van der Waals surface area contributed by atoms with E-state index in [0.29, 0.717) is 0 Å². The van der Waals surface area contributed by atoms with Crippen LogP contribution in [-0.2, 0) is 14.3 Å². The fraction of sp³-hybridized carbons (Fsp3) is 0.889. The molecule has 0 aromatic heterocycles. The molecule has 1 fully saturated rings. The largest absolute Gasteiger partial charge is 0.458 e. The zero-order valence-electron chi connectivity index (χ0n) is 8.09. The van der Waals surface area contributed by atoms with Crippen LogP contribution >= 0.6 is 0 Å². The highest BCUT2D eigenvalue weighted by Gasteiger charge is 2.45. The molecule has 1 aliphatic heterocycles. The molecular weight excluding hydrogens is 156 g/mol. The fourth-order valence-electron chi connectivity index (χ4n) is 1.02. The van der Waals surface area contributed by atoms with E-state index in [2.05, 4.69) is 0 Å². The Morgan fingerprint density at radius 2 is 2.08 bits per heavy atom. The summed E-state index contributed by atoms with van der Waals surface area (Å²) in [5.41, 5.74) is -0.401. The summed E-state index contributed by atoms with van der Waals surface area (Å²) in [5.74, 6) is -0.227. The predicted molar refractivity (Wildman–Crippen MR) is 44.8 cm³/mol. The van der Waals surface area contributed by atoms with Crippen molar-refractivity contribution in [3.05, 3.63) is 0 Å². The lowest BCUT2D eigenvalue weighted by atomic mass is 10.2. The molecule has 2 atom stereocenters. The molecule has 3 nitrogen and oxygen atoms in total. The highest BCUT2D eigenvalue weighted by atomic mass is 16.6. The molecule has 2 unspecified atom stereocenters. The number of hydrogen-bond donors (Lipinski definition) is 0. The van der Waals surface area contributed by atoms with E-state index in [9.17, 15) is 4.79 Å². The Balaban J connectivity index is 2.32.